The largest absolute Gasteiger partial charge is 0.358 e. The number of nitrogens with zero attached hydrogens (tertiary/aromatic N) is 1. The van der Waals surface area contributed by atoms with Crippen molar-refractivity contribution in [1.29, 1.82) is 0 Å². The predicted octanol–water partition coefficient (Wildman–Crippen LogP) is 4.23. The quantitative estimate of drug-likeness (QED) is 0.428. The molecule has 0 unspecified atom stereocenters. The maximum absolute atomic E-state index is 12.3. The zero-order valence-electron chi connectivity index (χ0n) is 12.1. The number of carbonyl (C=O) groups is 1. The summed E-state index contributed by atoms with van der Waals surface area (Å²) in [5.41, 5.74) is 3.06. The van der Waals surface area contributed by atoms with E-state index in [4.69, 9.17) is 0 Å². The van der Waals surface area contributed by atoms with E-state index in [0.717, 1.165) is 11.3 Å². The van der Waals surface area contributed by atoms with Crippen LogP contribution in [0.4, 0.5) is 0 Å². The molecular formula is C19H15IrNO-2. The Bertz CT molecular complexity index is 709. The molecule has 1 radical (unpaired) electrons. The number of hydrogen-bond donors (Lipinski definition) is 0. The summed E-state index contributed by atoms with van der Waals surface area (Å²) in [6.07, 6.45) is 1.74. The fourth-order valence-corrected chi connectivity index (χ4v) is 2.00. The van der Waals surface area contributed by atoms with Gasteiger partial charge in [0.05, 0.1) is 0 Å². The molecule has 0 fully saturated rings. The topological polar surface area (TPSA) is 30.0 Å². The first kappa shape index (κ1) is 18.0. The first-order valence-corrected chi connectivity index (χ1v) is 6.37. The van der Waals surface area contributed by atoms with E-state index in [2.05, 4.69) is 11.1 Å². The van der Waals surface area contributed by atoms with Gasteiger partial charge < -0.3 is 12.4 Å². The van der Waals surface area contributed by atoms with Crippen LogP contribution in [0.5, 0.6) is 0 Å². The van der Waals surface area contributed by atoms with Crippen molar-refractivity contribution in [1.82, 2.24) is 4.98 Å². The minimum Gasteiger partial charge on any atom is -0.358 e. The first-order chi connectivity index (χ1) is 9.84. The van der Waals surface area contributed by atoms with Crippen molar-refractivity contribution < 1.29 is 24.9 Å². The van der Waals surface area contributed by atoms with Crippen LogP contribution in [-0.4, -0.2) is 10.8 Å². The van der Waals surface area contributed by atoms with Crippen molar-refractivity contribution in [3.8, 4) is 11.3 Å². The number of pyridine rings is 1. The van der Waals surface area contributed by atoms with Gasteiger partial charge in [0, 0.05) is 31.9 Å². The Morgan fingerprint density at radius 1 is 0.864 bits per heavy atom. The molecule has 22 heavy (non-hydrogen) atoms. The van der Waals surface area contributed by atoms with Gasteiger partial charge in [-0.15, -0.1) is 29.8 Å². The molecule has 0 amide bonds. The normalized spacial score (nSPS) is 9.27. The second-order valence-corrected chi connectivity index (χ2v) is 4.40. The Hall–Kier alpha value is -2.09. The molecule has 0 aliphatic heterocycles. The summed E-state index contributed by atoms with van der Waals surface area (Å²) in [4.78, 5) is 16.5. The summed E-state index contributed by atoms with van der Waals surface area (Å²) in [7, 11) is 0. The molecule has 0 saturated carbocycles. The molecule has 113 valence electrons. The van der Waals surface area contributed by atoms with E-state index in [1.807, 2.05) is 60.7 Å². The molecule has 0 aliphatic carbocycles. The molecule has 1 aromatic heterocycles. The van der Waals surface area contributed by atoms with Crippen LogP contribution < -0.4 is 0 Å². The molecule has 0 saturated heterocycles. The van der Waals surface area contributed by atoms with Gasteiger partial charge in [0.15, 0.2) is 5.78 Å². The molecule has 0 atom stereocenters. The SMILES string of the molecule is O=C(c1c[c-]c(-c2ccccn2)cc1)c1ccccc1.[CH3-].[Ir]. The molecule has 2 aromatic carbocycles. The van der Waals surface area contributed by atoms with Crippen LogP contribution in [0.15, 0.2) is 72.9 Å². The van der Waals surface area contributed by atoms with Crippen LogP contribution in [0, 0.1) is 13.5 Å². The molecule has 1 heterocycles. The van der Waals surface area contributed by atoms with Gasteiger partial charge in [0.2, 0.25) is 0 Å². The number of rotatable bonds is 3. The minimum atomic E-state index is 0. The van der Waals surface area contributed by atoms with Gasteiger partial charge in [0.1, 0.15) is 0 Å². The van der Waals surface area contributed by atoms with Gasteiger partial charge in [-0.2, -0.15) is 0 Å². The van der Waals surface area contributed by atoms with Crippen LogP contribution in [0.2, 0.25) is 0 Å². The Morgan fingerprint density at radius 3 is 2.18 bits per heavy atom. The molecule has 3 aromatic rings. The van der Waals surface area contributed by atoms with Gasteiger partial charge in [-0.1, -0.05) is 48.0 Å². The molecular weight excluding hydrogens is 450 g/mol. The summed E-state index contributed by atoms with van der Waals surface area (Å²) in [6, 6.07) is 23.5. The average molecular weight is 466 g/mol. The molecule has 0 N–H and O–H groups in total. The third kappa shape index (κ3) is 3.97. The van der Waals surface area contributed by atoms with Crippen molar-refractivity contribution in [2.45, 2.75) is 0 Å². The molecule has 2 nitrogen and oxygen atoms in total. The Morgan fingerprint density at radius 2 is 1.59 bits per heavy atom. The van der Waals surface area contributed by atoms with Gasteiger partial charge >= 0.3 is 0 Å². The number of aromatic nitrogens is 1. The van der Waals surface area contributed by atoms with Gasteiger partial charge in [-0.05, 0) is 11.8 Å². The van der Waals surface area contributed by atoms with E-state index in [1.165, 1.54) is 0 Å². The smallest absolute Gasteiger partial charge is 0.152 e. The molecule has 3 rings (SSSR count). The van der Waals surface area contributed by atoms with E-state index < -0.39 is 0 Å². The van der Waals surface area contributed by atoms with Gasteiger partial charge in [-0.25, -0.2) is 0 Å². The van der Waals surface area contributed by atoms with Crippen LogP contribution >= 0.6 is 0 Å². The summed E-state index contributed by atoms with van der Waals surface area (Å²) in [5, 5.41) is 0. The molecule has 0 aliphatic rings. The minimum absolute atomic E-state index is 0. The van der Waals surface area contributed by atoms with Gasteiger partial charge in [-0.3, -0.25) is 4.79 Å². The van der Waals surface area contributed by atoms with Crippen LogP contribution in [-0.2, 0) is 20.1 Å². The first-order valence-electron chi connectivity index (χ1n) is 6.37. The van der Waals surface area contributed by atoms with Crippen molar-refractivity contribution in [2.75, 3.05) is 0 Å². The monoisotopic (exact) mass is 466 g/mol. The Balaban J connectivity index is 0.00000121. The number of carbonyl (C=O) groups excluding carboxylic acids is 1. The summed E-state index contributed by atoms with van der Waals surface area (Å²) >= 11 is 0. The number of ketones is 1. The van der Waals surface area contributed by atoms with Gasteiger partial charge in [0.25, 0.3) is 0 Å². The summed E-state index contributed by atoms with van der Waals surface area (Å²) in [5.74, 6) is 0.00872. The summed E-state index contributed by atoms with van der Waals surface area (Å²) < 4.78 is 0. The van der Waals surface area contributed by atoms with E-state index in [0.29, 0.717) is 11.1 Å². The fourth-order valence-electron chi connectivity index (χ4n) is 2.00. The maximum Gasteiger partial charge on any atom is 0.152 e. The summed E-state index contributed by atoms with van der Waals surface area (Å²) in [6.45, 7) is 0. The predicted molar refractivity (Wildman–Crippen MR) is 84.8 cm³/mol. The van der Waals surface area contributed by atoms with Crippen LogP contribution in [0.1, 0.15) is 15.9 Å². The molecule has 3 heteroatoms. The van der Waals surface area contributed by atoms with Crippen molar-refractivity contribution in [2.24, 2.45) is 0 Å². The second-order valence-electron chi connectivity index (χ2n) is 4.40. The van der Waals surface area contributed by atoms with Crippen molar-refractivity contribution in [3.63, 3.8) is 0 Å². The Kier molecular flexibility index (Phi) is 6.84. The molecule has 0 bridgehead atoms. The zero-order valence-corrected chi connectivity index (χ0v) is 14.5. The standard InChI is InChI=1S/C18H12NO.CH3.Ir/c20-18(15-6-2-1-3-7-15)16-11-9-14(10-12-16)17-8-4-5-13-19-17;;/h1-9,11-13H;1H3;/q2*-1;. The zero-order chi connectivity index (χ0) is 13.8. The van der Waals surface area contributed by atoms with Crippen LogP contribution in [0.25, 0.3) is 11.3 Å². The number of benzene rings is 2. The fraction of sp³-hybridized carbons (Fsp3) is 0. The van der Waals surface area contributed by atoms with E-state index in [9.17, 15) is 4.79 Å². The third-order valence-corrected chi connectivity index (χ3v) is 3.05. The maximum atomic E-state index is 12.3. The van der Waals surface area contributed by atoms with E-state index in [1.54, 1.807) is 12.3 Å². The van der Waals surface area contributed by atoms with E-state index >= 15 is 0 Å². The van der Waals surface area contributed by atoms with Crippen LogP contribution in [0.3, 0.4) is 0 Å². The molecule has 0 spiro atoms. The van der Waals surface area contributed by atoms with Crippen molar-refractivity contribution >= 4 is 5.78 Å². The second kappa shape index (κ2) is 8.38. The van der Waals surface area contributed by atoms with E-state index in [-0.39, 0.29) is 33.3 Å². The number of hydrogen-bond acceptors (Lipinski definition) is 2. The third-order valence-electron chi connectivity index (χ3n) is 3.05. The Labute approximate surface area is 144 Å². The average Bonchev–Trinajstić information content (AvgIpc) is 2.56. The van der Waals surface area contributed by atoms with Crippen molar-refractivity contribution in [3.05, 3.63) is 97.5 Å².